The number of aromatic nitrogens is 4. The average Bonchev–Trinajstić information content (AvgIpc) is 3.06. The molecular formula is C13H19N5OS. The topological polar surface area (TPSA) is 66.9 Å². The van der Waals surface area contributed by atoms with Crippen LogP contribution in [0, 0.1) is 13.8 Å². The molecule has 3 rings (SSSR count). The molecule has 3 heterocycles. The van der Waals surface area contributed by atoms with Crippen molar-refractivity contribution in [2.75, 3.05) is 26.2 Å². The Hall–Kier alpha value is -1.31. The molecule has 6 nitrogen and oxygen atoms in total. The summed E-state index contributed by atoms with van der Waals surface area (Å²) in [7, 11) is 0. The van der Waals surface area contributed by atoms with E-state index in [1.54, 1.807) is 11.3 Å². The Bertz CT molecular complexity index is 567. The van der Waals surface area contributed by atoms with E-state index in [1.807, 2.05) is 12.4 Å². The first-order chi connectivity index (χ1) is 9.72. The van der Waals surface area contributed by atoms with Crippen LogP contribution in [0.15, 0.2) is 5.51 Å². The Morgan fingerprint density at radius 1 is 1.50 bits per heavy atom. The zero-order valence-corrected chi connectivity index (χ0v) is 12.6. The first-order valence-electron chi connectivity index (χ1n) is 6.84. The number of ether oxygens (including phenoxy) is 1. The summed E-state index contributed by atoms with van der Waals surface area (Å²) in [6.07, 6.45) is 1.03. The Morgan fingerprint density at radius 3 is 3.10 bits per heavy atom. The van der Waals surface area contributed by atoms with E-state index in [4.69, 9.17) is 4.74 Å². The first kappa shape index (κ1) is 13.7. The molecule has 0 aliphatic carbocycles. The lowest BCUT2D eigenvalue weighted by Crippen LogP contribution is -2.39. The molecule has 0 amide bonds. The van der Waals surface area contributed by atoms with Crippen LogP contribution < -0.4 is 0 Å². The lowest BCUT2D eigenvalue weighted by atomic mass is 10.2. The summed E-state index contributed by atoms with van der Waals surface area (Å²) in [4.78, 5) is 12.5. The van der Waals surface area contributed by atoms with Crippen molar-refractivity contribution in [1.29, 1.82) is 0 Å². The van der Waals surface area contributed by atoms with Crippen molar-refractivity contribution in [2.24, 2.45) is 0 Å². The molecule has 0 aromatic carbocycles. The number of rotatable bonds is 4. The van der Waals surface area contributed by atoms with Gasteiger partial charge < -0.3 is 4.74 Å². The van der Waals surface area contributed by atoms with Gasteiger partial charge in [0.25, 0.3) is 0 Å². The normalized spacial score (nSPS) is 20.4. The van der Waals surface area contributed by atoms with E-state index in [2.05, 4.69) is 32.0 Å². The van der Waals surface area contributed by atoms with Crippen LogP contribution in [0.3, 0.4) is 0 Å². The highest BCUT2D eigenvalue weighted by atomic mass is 32.1. The maximum Gasteiger partial charge on any atom is 0.180 e. The number of H-pyrrole nitrogens is 1. The van der Waals surface area contributed by atoms with E-state index in [1.165, 1.54) is 4.88 Å². The van der Waals surface area contributed by atoms with Gasteiger partial charge in [0.1, 0.15) is 11.9 Å². The van der Waals surface area contributed by atoms with Crippen molar-refractivity contribution in [2.45, 2.75) is 26.4 Å². The van der Waals surface area contributed by atoms with Gasteiger partial charge in [-0.25, -0.2) is 9.97 Å². The quantitative estimate of drug-likeness (QED) is 0.925. The molecule has 1 aliphatic rings. The van der Waals surface area contributed by atoms with Crippen molar-refractivity contribution in [3.05, 3.63) is 27.7 Å². The van der Waals surface area contributed by atoms with Gasteiger partial charge in [0.2, 0.25) is 0 Å². The number of nitrogens with one attached hydrogen (secondary N) is 1. The standard InChI is InChI=1S/C13H19N5OS/c1-9-12(20-8-14-9)3-4-18-5-6-19-11(7-18)13-15-10(2)16-17-13/h8,11H,3-7H2,1-2H3,(H,15,16,17)/t11-/m1/s1. The number of hydrogen-bond acceptors (Lipinski definition) is 6. The summed E-state index contributed by atoms with van der Waals surface area (Å²) in [5, 5.41) is 7.08. The van der Waals surface area contributed by atoms with E-state index in [0.717, 1.165) is 50.0 Å². The second-order valence-corrected chi connectivity index (χ2v) is 5.99. The van der Waals surface area contributed by atoms with E-state index < -0.39 is 0 Å². The number of hydrogen-bond donors (Lipinski definition) is 1. The summed E-state index contributed by atoms with van der Waals surface area (Å²) >= 11 is 1.74. The molecule has 7 heteroatoms. The number of aromatic amines is 1. The zero-order valence-electron chi connectivity index (χ0n) is 11.8. The van der Waals surface area contributed by atoms with Gasteiger partial charge in [0, 0.05) is 24.5 Å². The van der Waals surface area contributed by atoms with E-state index in [-0.39, 0.29) is 6.10 Å². The van der Waals surface area contributed by atoms with Gasteiger partial charge in [0.15, 0.2) is 5.82 Å². The van der Waals surface area contributed by atoms with Gasteiger partial charge in [-0.3, -0.25) is 10.00 Å². The Morgan fingerprint density at radius 2 is 2.40 bits per heavy atom. The van der Waals surface area contributed by atoms with Crippen molar-refractivity contribution in [1.82, 2.24) is 25.1 Å². The fourth-order valence-corrected chi connectivity index (χ4v) is 3.16. The lowest BCUT2D eigenvalue weighted by Gasteiger charge is -2.31. The molecule has 2 aromatic rings. The SMILES string of the molecule is Cc1nc([C@H]2CN(CCc3scnc3C)CCO2)n[nH]1. The molecule has 1 atom stereocenters. The second-order valence-electron chi connectivity index (χ2n) is 5.05. The molecule has 1 N–H and O–H groups in total. The fraction of sp³-hybridized carbons (Fsp3) is 0.615. The van der Waals surface area contributed by atoms with Crippen LogP contribution in [0.2, 0.25) is 0 Å². The number of thiazole rings is 1. The maximum atomic E-state index is 5.77. The number of nitrogens with zero attached hydrogens (tertiary/aromatic N) is 4. The van der Waals surface area contributed by atoms with E-state index in [9.17, 15) is 0 Å². The highest BCUT2D eigenvalue weighted by Crippen LogP contribution is 2.20. The zero-order chi connectivity index (χ0) is 13.9. The average molecular weight is 293 g/mol. The highest BCUT2D eigenvalue weighted by Gasteiger charge is 2.24. The van der Waals surface area contributed by atoms with Crippen molar-refractivity contribution in [3.63, 3.8) is 0 Å². The minimum absolute atomic E-state index is 0.0174. The van der Waals surface area contributed by atoms with Gasteiger partial charge in [-0.1, -0.05) is 0 Å². The molecule has 0 saturated carbocycles. The predicted molar refractivity (Wildman–Crippen MR) is 76.8 cm³/mol. The summed E-state index contributed by atoms with van der Waals surface area (Å²) in [5.74, 6) is 1.60. The van der Waals surface area contributed by atoms with Crippen LogP contribution in [0.1, 0.15) is 28.3 Å². The maximum absolute atomic E-state index is 5.77. The van der Waals surface area contributed by atoms with Crippen LogP contribution in [-0.4, -0.2) is 51.3 Å². The fourth-order valence-electron chi connectivity index (χ4n) is 2.39. The van der Waals surface area contributed by atoms with Gasteiger partial charge in [-0.2, -0.15) is 5.10 Å². The molecule has 2 aromatic heterocycles. The lowest BCUT2D eigenvalue weighted by molar-refractivity contribution is -0.0337. The Labute approximate surface area is 122 Å². The molecule has 20 heavy (non-hydrogen) atoms. The molecule has 0 unspecified atom stereocenters. The van der Waals surface area contributed by atoms with Gasteiger partial charge in [-0.05, 0) is 20.3 Å². The number of morpholine rings is 1. The molecule has 1 fully saturated rings. The highest BCUT2D eigenvalue weighted by molar-refractivity contribution is 7.09. The van der Waals surface area contributed by atoms with Crippen molar-refractivity contribution < 1.29 is 4.74 Å². The predicted octanol–water partition coefficient (Wildman–Crippen LogP) is 1.49. The number of aryl methyl sites for hydroxylation is 2. The second kappa shape index (κ2) is 5.99. The van der Waals surface area contributed by atoms with Crippen LogP contribution >= 0.6 is 11.3 Å². The summed E-state index contributed by atoms with van der Waals surface area (Å²) in [6.45, 7) is 7.58. The van der Waals surface area contributed by atoms with E-state index in [0.29, 0.717) is 0 Å². The Kier molecular flexibility index (Phi) is 4.09. The van der Waals surface area contributed by atoms with Gasteiger partial charge in [-0.15, -0.1) is 11.3 Å². The van der Waals surface area contributed by atoms with Crippen LogP contribution in [0.4, 0.5) is 0 Å². The van der Waals surface area contributed by atoms with Gasteiger partial charge >= 0.3 is 0 Å². The minimum Gasteiger partial charge on any atom is -0.367 e. The monoisotopic (exact) mass is 293 g/mol. The molecule has 0 spiro atoms. The van der Waals surface area contributed by atoms with E-state index >= 15 is 0 Å². The summed E-state index contributed by atoms with van der Waals surface area (Å²) in [6, 6.07) is 0. The molecule has 0 radical (unpaired) electrons. The van der Waals surface area contributed by atoms with Crippen molar-refractivity contribution in [3.8, 4) is 0 Å². The molecular weight excluding hydrogens is 274 g/mol. The molecule has 0 bridgehead atoms. The molecule has 1 aliphatic heterocycles. The Balaban J connectivity index is 1.57. The van der Waals surface area contributed by atoms with Crippen LogP contribution in [0.25, 0.3) is 0 Å². The van der Waals surface area contributed by atoms with Gasteiger partial charge in [0.05, 0.1) is 17.8 Å². The largest absolute Gasteiger partial charge is 0.367 e. The van der Waals surface area contributed by atoms with Crippen LogP contribution in [-0.2, 0) is 11.2 Å². The first-order valence-corrected chi connectivity index (χ1v) is 7.72. The summed E-state index contributed by atoms with van der Waals surface area (Å²) in [5.41, 5.74) is 3.08. The molecule has 108 valence electrons. The minimum atomic E-state index is -0.0174. The molecule has 1 saturated heterocycles. The third kappa shape index (κ3) is 3.05. The third-order valence-electron chi connectivity index (χ3n) is 3.55. The van der Waals surface area contributed by atoms with Crippen LogP contribution in [0.5, 0.6) is 0 Å². The van der Waals surface area contributed by atoms with Crippen molar-refractivity contribution >= 4 is 11.3 Å². The smallest absolute Gasteiger partial charge is 0.180 e. The summed E-state index contributed by atoms with van der Waals surface area (Å²) < 4.78 is 5.77. The third-order valence-corrected chi connectivity index (χ3v) is 4.55.